The summed E-state index contributed by atoms with van der Waals surface area (Å²) in [5.41, 5.74) is 1.39. The fourth-order valence-electron chi connectivity index (χ4n) is 1.46. The molecule has 0 heterocycles. The topological polar surface area (TPSA) is 46.5 Å². The molecule has 0 fully saturated rings. The molecule has 0 radical (unpaired) electrons. The molecule has 1 aliphatic carbocycles. The smallest absolute Gasteiger partial charge is 0.270 e. The number of halogens is 1. The third kappa shape index (κ3) is 3.96. The van der Waals surface area contributed by atoms with Crippen molar-refractivity contribution >= 4 is 39.4 Å². The zero-order valence-electron chi connectivity index (χ0n) is 9.92. The average molecular weight is 316 g/mol. The van der Waals surface area contributed by atoms with E-state index in [0.29, 0.717) is 10.2 Å². The summed E-state index contributed by atoms with van der Waals surface area (Å²) in [6, 6.07) is 9.49. The van der Waals surface area contributed by atoms with E-state index in [-0.39, 0.29) is 11.7 Å². The maximum absolute atomic E-state index is 11.6. The van der Waals surface area contributed by atoms with Gasteiger partial charge < -0.3 is 0 Å². The molecule has 0 unspecified atom stereocenters. The minimum Gasteiger partial charge on any atom is -0.289 e. The lowest BCUT2D eigenvalue weighted by atomic mass is 10.1. The molecule has 1 aromatic carbocycles. The van der Waals surface area contributed by atoms with Gasteiger partial charge in [-0.1, -0.05) is 30.3 Å². The summed E-state index contributed by atoms with van der Waals surface area (Å²) in [5, 5.41) is 0. The summed E-state index contributed by atoms with van der Waals surface area (Å²) in [6.45, 7) is 0. The average Bonchev–Trinajstić information content (AvgIpc) is 2.42. The summed E-state index contributed by atoms with van der Waals surface area (Å²) >= 11 is 3.11. The number of carbonyl (C=O) groups excluding carboxylic acids is 2. The van der Waals surface area contributed by atoms with Gasteiger partial charge in [0.05, 0.1) is 10.2 Å². The lowest BCUT2D eigenvalue weighted by molar-refractivity contribution is -0.113. The molecular weight excluding hydrogens is 306 g/mol. The standard InChI is InChI=1S/C15H10BrNO2/c16-13-10-12(7-8-14(13)18)17-15(19)9-6-11-4-2-1-3-5-11/h1-10H/b9-6+,17-12?. The third-order valence-electron chi connectivity index (χ3n) is 2.37. The maximum Gasteiger partial charge on any atom is 0.270 e. The Morgan fingerprint density at radius 1 is 1.16 bits per heavy atom. The van der Waals surface area contributed by atoms with Crippen LogP contribution in [0.4, 0.5) is 0 Å². The van der Waals surface area contributed by atoms with Gasteiger partial charge in [-0.3, -0.25) is 9.59 Å². The molecule has 0 atom stereocenters. The van der Waals surface area contributed by atoms with Crippen molar-refractivity contribution < 1.29 is 9.59 Å². The van der Waals surface area contributed by atoms with Crippen LogP contribution in [0.25, 0.3) is 6.08 Å². The molecule has 1 aromatic rings. The molecule has 1 amide bonds. The van der Waals surface area contributed by atoms with Gasteiger partial charge in [0, 0.05) is 6.08 Å². The number of ketones is 1. The van der Waals surface area contributed by atoms with Crippen LogP contribution in [-0.2, 0) is 9.59 Å². The van der Waals surface area contributed by atoms with Crippen LogP contribution in [0.2, 0.25) is 0 Å². The first-order valence-corrected chi connectivity index (χ1v) is 6.40. The molecule has 94 valence electrons. The molecule has 0 N–H and O–H groups in total. The molecule has 0 bridgehead atoms. The molecule has 0 spiro atoms. The highest BCUT2D eigenvalue weighted by Gasteiger charge is 2.09. The van der Waals surface area contributed by atoms with Gasteiger partial charge in [0.1, 0.15) is 0 Å². The first kappa shape index (κ1) is 13.4. The summed E-state index contributed by atoms with van der Waals surface area (Å²) in [6.07, 6.45) is 7.51. The number of allylic oxidation sites excluding steroid dienone is 4. The Morgan fingerprint density at radius 2 is 1.89 bits per heavy atom. The molecule has 0 aromatic heterocycles. The second-order valence-electron chi connectivity index (χ2n) is 3.81. The highest BCUT2D eigenvalue weighted by atomic mass is 79.9. The van der Waals surface area contributed by atoms with E-state index in [9.17, 15) is 9.59 Å². The minimum absolute atomic E-state index is 0.133. The number of hydrogen-bond donors (Lipinski definition) is 0. The van der Waals surface area contributed by atoms with Crippen molar-refractivity contribution in [2.75, 3.05) is 0 Å². The van der Waals surface area contributed by atoms with Crippen LogP contribution in [0.3, 0.4) is 0 Å². The van der Waals surface area contributed by atoms with E-state index in [4.69, 9.17) is 0 Å². The summed E-state index contributed by atoms with van der Waals surface area (Å²) < 4.78 is 0.397. The molecule has 0 saturated carbocycles. The Bertz CT molecular complexity index is 625. The van der Waals surface area contributed by atoms with Gasteiger partial charge in [-0.25, -0.2) is 4.99 Å². The van der Waals surface area contributed by atoms with Gasteiger partial charge in [-0.15, -0.1) is 0 Å². The fraction of sp³-hybridized carbons (Fsp3) is 0. The number of rotatable bonds is 2. The predicted molar refractivity (Wildman–Crippen MR) is 79.1 cm³/mol. The van der Waals surface area contributed by atoms with Crippen LogP contribution in [-0.4, -0.2) is 17.4 Å². The van der Waals surface area contributed by atoms with Crippen molar-refractivity contribution in [2.24, 2.45) is 4.99 Å². The van der Waals surface area contributed by atoms with Crippen molar-refractivity contribution in [3.63, 3.8) is 0 Å². The van der Waals surface area contributed by atoms with Gasteiger partial charge in [-0.05, 0) is 45.8 Å². The van der Waals surface area contributed by atoms with E-state index < -0.39 is 0 Å². The van der Waals surface area contributed by atoms with Gasteiger partial charge in [0.25, 0.3) is 5.91 Å². The molecule has 4 heteroatoms. The van der Waals surface area contributed by atoms with E-state index in [1.54, 1.807) is 6.08 Å². The Kier molecular flexibility index (Phi) is 4.36. The summed E-state index contributed by atoms with van der Waals surface area (Å²) in [5.74, 6) is -0.499. The number of aliphatic imine (C=N–C) groups is 1. The van der Waals surface area contributed by atoms with Crippen LogP contribution in [0.15, 0.2) is 64.1 Å². The lowest BCUT2D eigenvalue weighted by Crippen LogP contribution is -2.05. The molecule has 0 aliphatic heterocycles. The quantitative estimate of drug-likeness (QED) is 0.622. The number of carbonyl (C=O) groups is 2. The van der Waals surface area contributed by atoms with Gasteiger partial charge in [0.2, 0.25) is 0 Å². The normalized spacial score (nSPS) is 17.0. The number of hydrogen-bond acceptors (Lipinski definition) is 2. The molecule has 2 rings (SSSR count). The molecule has 3 nitrogen and oxygen atoms in total. The van der Waals surface area contributed by atoms with Crippen molar-refractivity contribution in [3.05, 3.63) is 64.7 Å². The van der Waals surface area contributed by atoms with Crippen molar-refractivity contribution in [3.8, 4) is 0 Å². The summed E-state index contributed by atoms with van der Waals surface area (Å²) in [7, 11) is 0. The van der Waals surface area contributed by atoms with Gasteiger partial charge in [-0.2, -0.15) is 0 Å². The van der Waals surface area contributed by atoms with Crippen molar-refractivity contribution in [1.82, 2.24) is 0 Å². The lowest BCUT2D eigenvalue weighted by Gasteiger charge is -2.00. The van der Waals surface area contributed by atoms with Gasteiger partial charge >= 0.3 is 0 Å². The Labute approximate surface area is 119 Å². The van der Waals surface area contributed by atoms with Crippen LogP contribution in [0.5, 0.6) is 0 Å². The van der Waals surface area contributed by atoms with E-state index >= 15 is 0 Å². The highest BCUT2D eigenvalue weighted by Crippen LogP contribution is 2.12. The highest BCUT2D eigenvalue weighted by molar-refractivity contribution is 9.12. The number of amides is 1. The Balaban J connectivity index is 2.08. The molecule has 19 heavy (non-hydrogen) atoms. The second-order valence-corrected chi connectivity index (χ2v) is 4.66. The molecule has 1 aliphatic rings. The van der Waals surface area contributed by atoms with Gasteiger partial charge in [0.15, 0.2) is 5.78 Å². The first-order valence-electron chi connectivity index (χ1n) is 5.60. The number of nitrogens with zero attached hydrogens (tertiary/aromatic N) is 1. The summed E-state index contributed by atoms with van der Waals surface area (Å²) in [4.78, 5) is 26.7. The van der Waals surface area contributed by atoms with E-state index in [1.165, 1.54) is 24.3 Å². The first-order chi connectivity index (χ1) is 9.15. The zero-order valence-corrected chi connectivity index (χ0v) is 11.5. The van der Waals surface area contributed by atoms with E-state index in [2.05, 4.69) is 20.9 Å². The molecular formula is C15H10BrNO2. The monoisotopic (exact) mass is 315 g/mol. The Morgan fingerprint density at radius 3 is 2.58 bits per heavy atom. The van der Waals surface area contributed by atoms with Crippen LogP contribution in [0.1, 0.15) is 5.56 Å². The van der Waals surface area contributed by atoms with Crippen molar-refractivity contribution in [2.45, 2.75) is 0 Å². The minimum atomic E-state index is -0.366. The van der Waals surface area contributed by atoms with Crippen molar-refractivity contribution in [1.29, 1.82) is 0 Å². The Hall–Kier alpha value is -2.07. The second kappa shape index (κ2) is 6.20. The molecule has 0 saturated heterocycles. The fourth-order valence-corrected chi connectivity index (χ4v) is 1.82. The van der Waals surface area contributed by atoms with E-state index in [0.717, 1.165) is 5.56 Å². The van der Waals surface area contributed by atoms with Crippen LogP contribution < -0.4 is 0 Å². The van der Waals surface area contributed by atoms with E-state index in [1.807, 2.05) is 30.3 Å². The third-order valence-corrected chi connectivity index (χ3v) is 2.99. The SMILES string of the molecule is O=C(/C=C/c1ccccc1)N=C1C=CC(=O)C(Br)=C1. The maximum atomic E-state index is 11.6. The number of benzene rings is 1. The predicted octanol–water partition coefficient (Wildman–Crippen LogP) is 3.09. The van der Waals surface area contributed by atoms with Crippen LogP contribution >= 0.6 is 15.9 Å². The largest absolute Gasteiger partial charge is 0.289 e. The zero-order chi connectivity index (χ0) is 13.7. The van der Waals surface area contributed by atoms with Crippen LogP contribution in [0, 0.1) is 0 Å².